The van der Waals surface area contributed by atoms with Crippen LogP contribution in [0.25, 0.3) is 0 Å². The Morgan fingerprint density at radius 2 is 1.89 bits per heavy atom. The van der Waals surface area contributed by atoms with Crippen LogP contribution in [0.15, 0.2) is 57.8 Å². The molecule has 0 bridgehead atoms. The van der Waals surface area contributed by atoms with E-state index in [0.717, 1.165) is 18.4 Å². The summed E-state index contributed by atoms with van der Waals surface area (Å²) < 4.78 is 28.8. The highest BCUT2D eigenvalue weighted by atomic mass is 32.2. The van der Waals surface area contributed by atoms with Gasteiger partial charge >= 0.3 is 0 Å². The molecule has 0 spiro atoms. The zero-order valence-corrected chi connectivity index (χ0v) is 16.6. The van der Waals surface area contributed by atoms with Gasteiger partial charge in [-0.3, -0.25) is 4.79 Å². The van der Waals surface area contributed by atoms with Crippen LogP contribution < -0.4 is 5.32 Å². The van der Waals surface area contributed by atoms with Crippen LogP contribution >= 0.6 is 0 Å². The Morgan fingerprint density at radius 1 is 1.14 bits per heavy atom. The SMILES string of the molecule is Cc1ccc(CNC(=O)[C@H]2CCCCN2C2=NS(=O)(=O)c3ccccc32)cc1. The van der Waals surface area contributed by atoms with Gasteiger partial charge < -0.3 is 10.2 Å². The molecule has 0 radical (unpaired) electrons. The number of aryl methyl sites for hydroxylation is 1. The summed E-state index contributed by atoms with van der Waals surface area (Å²) >= 11 is 0. The average Bonchev–Trinajstić information content (AvgIpc) is 2.98. The molecule has 2 aromatic rings. The molecule has 1 saturated heterocycles. The molecule has 7 heteroatoms. The van der Waals surface area contributed by atoms with Gasteiger partial charge in [-0.1, -0.05) is 42.0 Å². The van der Waals surface area contributed by atoms with Crippen LogP contribution in [0.3, 0.4) is 0 Å². The summed E-state index contributed by atoms with van der Waals surface area (Å²) in [7, 11) is -3.70. The lowest BCUT2D eigenvalue weighted by molar-refractivity contribution is -0.126. The topological polar surface area (TPSA) is 78.8 Å². The van der Waals surface area contributed by atoms with Gasteiger partial charge in [-0.05, 0) is 43.9 Å². The van der Waals surface area contributed by atoms with Crippen LogP contribution in [-0.4, -0.2) is 37.6 Å². The molecule has 1 N–H and O–H groups in total. The summed E-state index contributed by atoms with van der Waals surface area (Å²) in [6.07, 6.45) is 2.52. The Hall–Kier alpha value is -2.67. The number of carbonyl (C=O) groups excluding carboxylic acids is 1. The Kier molecular flexibility index (Phi) is 4.93. The van der Waals surface area contributed by atoms with E-state index in [2.05, 4.69) is 9.71 Å². The molecule has 6 nitrogen and oxygen atoms in total. The number of hydrogen-bond acceptors (Lipinski definition) is 4. The number of fused-ring (bicyclic) bond motifs is 1. The van der Waals surface area contributed by atoms with Crippen molar-refractivity contribution in [1.82, 2.24) is 10.2 Å². The molecule has 2 heterocycles. The maximum Gasteiger partial charge on any atom is 0.285 e. The predicted octanol–water partition coefficient (Wildman–Crippen LogP) is 2.61. The van der Waals surface area contributed by atoms with E-state index >= 15 is 0 Å². The normalized spacial score (nSPS) is 20.4. The molecule has 1 atom stereocenters. The molecule has 1 amide bonds. The van der Waals surface area contributed by atoms with Gasteiger partial charge in [0.1, 0.15) is 10.9 Å². The summed E-state index contributed by atoms with van der Waals surface area (Å²) in [6.45, 7) is 3.09. The van der Waals surface area contributed by atoms with E-state index in [-0.39, 0.29) is 10.8 Å². The van der Waals surface area contributed by atoms with Crippen molar-refractivity contribution >= 4 is 21.8 Å². The number of rotatable bonds is 3. The third kappa shape index (κ3) is 3.54. The largest absolute Gasteiger partial charge is 0.350 e. The lowest BCUT2D eigenvalue weighted by atomic mass is 9.99. The number of sulfonamides is 1. The summed E-state index contributed by atoms with van der Waals surface area (Å²) in [5.74, 6) is 0.301. The third-order valence-electron chi connectivity index (χ3n) is 5.28. The van der Waals surface area contributed by atoms with E-state index in [1.165, 1.54) is 5.56 Å². The number of piperidine rings is 1. The number of nitrogens with zero attached hydrogens (tertiary/aromatic N) is 2. The van der Waals surface area contributed by atoms with Crippen molar-refractivity contribution in [2.24, 2.45) is 4.40 Å². The number of hydrogen-bond donors (Lipinski definition) is 1. The number of carbonyl (C=O) groups is 1. The second-order valence-electron chi connectivity index (χ2n) is 7.29. The molecule has 2 aliphatic rings. The summed E-state index contributed by atoms with van der Waals surface area (Å²) in [5, 5.41) is 3.00. The molecule has 4 rings (SSSR count). The highest BCUT2D eigenvalue weighted by molar-refractivity contribution is 7.90. The molecule has 28 heavy (non-hydrogen) atoms. The van der Waals surface area contributed by atoms with Gasteiger partial charge in [-0.2, -0.15) is 8.42 Å². The third-order valence-corrected chi connectivity index (χ3v) is 6.60. The fraction of sp³-hybridized carbons (Fsp3) is 0.333. The first-order chi connectivity index (χ1) is 13.5. The lowest BCUT2D eigenvalue weighted by Gasteiger charge is -2.36. The fourth-order valence-corrected chi connectivity index (χ4v) is 4.98. The maximum atomic E-state index is 12.9. The molecular formula is C21H23N3O3S. The van der Waals surface area contributed by atoms with Gasteiger partial charge in [0, 0.05) is 18.7 Å². The van der Waals surface area contributed by atoms with E-state index < -0.39 is 16.1 Å². The second kappa shape index (κ2) is 7.39. The molecule has 0 aliphatic carbocycles. The monoisotopic (exact) mass is 397 g/mol. The molecule has 146 valence electrons. The summed E-state index contributed by atoms with van der Waals surface area (Å²) in [5.41, 5.74) is 2.79. The Labute approximate surface area is 165 Å². The highest BCUT2D eigenvalue weighted by Gasteiger charge is 2.37. The lowest BCUT2D eigenvalue weighted by Crippen LogP contribution is -2.51. The molecule has 2 aliphatic heterocycles. The van der Waals surface area contributed by atoms with Crippen molar-refractivity contribution in [2.45, 2.75) is 43.7 Å². The number of nitrogens with one attached hydrogen (secondary N) is 1. The van der Waals surface area contributed by atoms with Crippen LogP contribution in [0.4, 0.5) is 0 Å². The van der Waals surface area contributed by atoms with Gasteiger partial charge in [0.05, 0.1) is 0 Å². The first-order valence-corrected chi connectivity index (χ1v) is 10.9. The van der Waals surface area contributed by atoms with E-state index in [0.29, 0.717) is 30.9 Å². The Balaban J connectivity index is 1.55. The molecule has 0 saturated carbocycles. The zero-order valence-electron chi connectivity index (χ0n) is 15.8. The van der Waals surface area contributed by atoms with E-state index in [4.69, 9.17) is 0 Å². The average molecular weight is 398 g/mol. The van der Waals surface area contributed by atoms with Gasteiger partial charge in [0.15, 0.2) is 5.84 Å². The van der Waals surface area contributed by atoms with E-state index in [9.17, 15) is 13.2 Å². The van der Waals surface area contributed by atoms with Gasteiger partial charge in [0.2, 0.25) is 5.91 Å². The minimum absolute atomic E-state index is 0.0928. The number of amides is 1. The van der Waals surface area contributed by atoms with Gasteiger partial charge in [-0.25, -0.2) is 0 Å². The van der Waals surface area contributed by atoms with Crippen molar-refractivity contribution < 1.29 is 13.2 Å². The van der Waals surface area contributed by atoms with Gasteiger partial charge in [0.25, 0.3) is 10.0 Å². The zero-order chi connectivity index (χ0) is 19.7. The van der Waals surface area contributed by atoms with Crippen LogP contribution in [-0.2, 0) is 21.4 Å². The van der Waals surface area contributed by atoms with Crippen LogP contribution in [0, 0.1) is 6.92 Å². The maximum absolute atomic E-state index is 12.9. The smallest absolute Gasteiger partial charge is 0.285 e. The van der Waals surface area contributed by atoms with Crippen LogP contribution in [0.1, 0.15) is 36.0 Å². The second-order valence-corrected chi connectivity index (χ2v) is 8.87. The van der Waals surface area contributed by atoms with Crippen molar-refractivity contribution in [2.75, 3.05) is 6.54 Å². The van der Waals surface area contributed by atoms with Crippen molar-refractivity contribution in [1.29, 1.82) is 0 Å². The quantitative estimate of drug-likeness (QED) is 0.864. The first-order valence-electron chi connectivity index (χ1n) is 9.50. The molecular weight excluding hydrogens is 374 g/mol. The molecule has 0 aromatic heterocycles. The predicted molar refractivity (Wildman–Crippen MR) is 108 cm³/mol. The van der Waals surface area contributed by atoms with Crippen molar-refractivity contribution in [3.63, 3.8) is 0 Å². The van der Waals surface area contributed by atoms with Crippen LogP contribution in [0.5, 0.6) is 0 Å². The minimum Gasteiger partial charge on any atom is -0.350 e. The Bertz CT molecular complexity index is 1030. The number of benzene rings is 2. The van der Waals surface area contributed by atoms with Gasteiger partial charge in [-0.15, -0.1) is 4.40 Å². The first kappa shape index (κ1) is 18.7. The molecule has 2 aromatic carbocycles. The Morgan fingerprint density at radius 3 is 2.68 bits per heavy atom. The standard InChI is InChI=1S/C21H23N3O3S/c1-15-9-11-16(12-10-15)14-22-21(25)18-7-4-5-13-24(18)20-17-6-2-3-8-19(17)28(26,27)23-20/h2-3,6,8-12,18H,4-5,7,13-14H2,1H3,(H,22,25)/t18-/m1/s1. The van der Waals surface area contributed by atoms with E-state index in [1.54, 1.807) is 24.3 Å². The molecule has 1 fully saturated rings. The summed E-state index contributed by atoms with van der Waals surface area (Å²) in [4.78, 5) is 15.0. The van der Waals surface area contributed by atoms with E-state index in [1.807, 2.05) is 36.1 Å². The van der Waals surface area contributed by atoms with Crippen molar-refractivity contribution in [3.05, 3.63) is 65.2 Å². The number of amidine groups is 1. The fourth-order valence-electron chi connectivity index (χ4n) is 3.77. The van der Waals surface area contributed by atoms with Crippen LogP contribution in [0.2, 0.25) is 0 Å². The number of likely N-dealkylation sites (tertiary alicyclic amines) is 1. The summed E-state index contributed by atoms with van der Waals surface area (Å²) in [6, 6.07) is 14.4. The minimum atomic E-state index is -3.70. The molecule has 0 unspecified atom stereocenters. The van der Waals surface area contributed by atoms with Crippen molar-refractivity contribution in [3.8, 4) is 0 Å². The highest BCUT2D eigenvalue weighted by Crippen LogP contribution is 2.30.